The van der Waals surface area contributed by atoms with Crippen LogP contribution in [0.25, 0.3) is 0 Å². The summed E-state index contributed by atoms with van der Waals surface area (Å²) < 4.78 is 4.95. The van der Waals surface area contributed by atoms with E-state index in [1.165, 1.54) is 39.2 Å². The summed E-state index contributed by atoms with van der Waals surface area (Å²) in [5.41, 5.74) is -0.551. The molecule has 0 aliphatic heterocycles. The Morgan fingerprint density at radius 2 is 2.00 bits per heavy atom. The molecule has 1 rings (SSSR count). The first kappa shape index (κ1) is 16.8. The van der Waals surface area contributed by atoms with Gasteiger partial charge < -0.3 is 4.74 Å². The number of thioether (sulfide) groups is 1. The Kier molecular flexibility index (Phi) is 7.22. The van der Waals surface area contributed by atoms with Gasteiger partial charge in [-0.1, -0.05) is 19.3 Å². The summed E-state index contributed by atoms with van der Waals surface area (Å²) >= 11 is 2.03. The van der Waals surface area contributed by atoms with E-state index in [-0.39, 0.29) is 12.0 Å². The summed E-state index contributed by atoms with van der Waals surface area (Å²) in [6.07, 6.45) is 7.66. The number of esters is 1. The summed E-state index contributed by atoms with van der Waals surface area (Å²) in [6, 6.07) is 0.281. The van der Waals surface area contributed by atoms with Gasteiger partial charge in [0.15, 0.2) is 0 Å². The molecule has 1 atom stereocenters. The average Bonchev–Trinajstić information content (AvgIpc) is 2.38. The van der Waals surface area contributed by atoms with Gasteiger partial charge >= 0.3 is 5.97 Å². The fraction of sp³-hybridized carbons (Fsp3) is 0.933. The Hall–Kier alpha value is -0.220. The molecular weight excluding hydrogens is 258 g/mol. The average molecular weight is 287 g/mol. The molecule has 1 aliphatic rings. The minimum atomic E-state index is -0.551. The molecular formula is C15H29NO2S. The van der Waals surface area contributed by atoms with Crippen molar-refractivity contribution in [3.8, 4) is 0 Å². The summed E-state index contributed by atoms with van der Waals surface area (Å²) in [7, 11) is 1.47. The van der Waals surface area contributed by atoms with Crippen LogP contribution < -0.4 is 5.32 Å². The first-order chi connectivity index (χ1) is 8.98. The molecule has 0 aromatic heterocycles. The third kappa shape index (κ3) is 5.74. The first-order valence-electron chi connectivity index (χ1n) is 7.45. The van der Waals surface area contributed by atoms with Crippen LogP contribution in [0.1, 0.15) is 59.3 Å². The lowest BCUT2D eigenvalue weighted by Gasteiger charge is -2.31. The molecule has 0 saturated heterocycles. The normalized spacial score (nSPS) is 20.3. The lowest BCUT2D eigenvalue weighted by Crippen LogP contribution is -2.53. The van der Waals surface area contributed by atoms with Crippen LogP contribution in [0.2, 0.25) is 0 Å². The molecule has 1 N–H and O–H groups in total. The van der Waals surface area contributed by atoms with Crippen LogP contribution in [0, 0.1) is 0 Å². The highest BCUT2D eigenvalue weighted by molar-refractivity contribution is 7.99. The molecule has 0 aromatic rings. The highest BCUT2D eigenvalue weighted by atomic mass is 32.2. The van der Waals surface area contributed by atoms with Gasteiger partial charge in [0.2, 0.25) is 0 Å². The van der Waals surface area contributed by atoms with Gasteiger partial charge in [0.25, 0.3) is 0 Å². The van der Waals surface area contributed by atoms with Crippen molar-refractivity contribution in [2.24, 2.45) is 0 Å². The topological polar surface area (TPSA) is 38.3 Å². The zero-order valence-corrected chi connectivity index (χ0v) is 13.6. The summed E-state index contributed by atoms with van der Waals surface area (Å²) in [5.74, 6) is 0.876. The third-order valence-electron chi connectivity index (χ3n) is 3.75. The predicted molar refractivity (Wildman–Crippen MR) is 82.6 cm³/mol. The lowest BCUT2D eigenvalue weighted by atomic mass is 9.98. The number of ether oxygens (including phenoxy) is 1. The number of carbonyl (C=O) groups excluding carboxylic acids is 1. The fourth-order valence-corrected chi connectivity index (χ4v) is 4.28. The van der Waals surface area contributed by atoms with Crippen molar-refractivity contribution in [2.75, 3.05) is 12.9 Å². The van der Waals surface area contributed by atoms with Crippen LogP contribution in [0.4, 0.5) is 0 Å². The monoisotopic (exact) mass is 287 g/mol. The largest absolute Gasteiger partial charge is 0.468 e. The highest BCUT2D eigenvalue weighted by Crippen LogP contribution is 2.30. The SMILES string of the molecule is COC(=O)C(C)(CCSC1CCCCC1)NC(C)C. The van der Waals surface area contributed by atoms with Crippen molar-refractivity contribution in [3.63, 3.8) is 0 Å². The Morgan fingerprint density at radius 3 is 2.53 bits per heavy atom. The number of carbonyl (C=O) groups is 1. The van der Waals surface area contributed by atoms with Crippen LogP contribution in [0.3, 0.4) is 0 Å². The van der Waals surface area contributed by atoms with Crippen LogP contribution in [-0.2, 0) is 9.53 Å². The molecule has 1 unspecified atom stereocenters. The van der Waals surface area contributed by atoms with E-state index in [4.69, 9.17) is 4.74 Å². The van der Waals surface area contributed by atoms with E-state index < -0.39 is 5.54 Å². The lowest BCUT2D eigenvalue weighted by molar-refractivity contribution is -0.148. The van der Waals surface area contributed by atoms with Crippen molar-refractivity contribution >= 4 is 17.7 Å². The van der Waals surface area contributed by atoms with Crippen molar-refractivity contribution in [3.05, 3.63) is 0 Å². The third-order valence-corrected chi connectivity index (χ3v) is 5.13. The van der Waals surface area contributed by atoms with Gasteiger partial charge in [-0.3, -0.25) is 10.1 Å². The van der Waals surface area contributed by atoms with Crippen LogP contribution in [0.15, 0.2) is 0 Å². The van der Waals surface area contributed by atoms with Crippen LogP contribution in [-0.4, -0.2) is 35.7 Å². The highest BCUT2D eigenvalue weighted by Gasteiger charge is 2.34. The molecule has 1 aliphatic carbocycles. The van der Waals surface area contributed by atoms with Crippen LogP contribution >= 0.6 is 11.8 Å². The first-order valence-corrected chi connectivity index (χ1v) is 8.50. The molecule has 1 saturated carbocycles. The molecule has 19 heavy (non-hydrogen) atoms. The van der Waals surface area contributed by atoms with Gasteiger partial charge in [-0.25, -0.2) is 0 Å². The Labute approximate surface area is 122 Å². The van der Waals surface area contributed by atoms with Gasteiger partial charge in [-0.05, 0) is 45.8 Å². The summed E-state index contributed by atoms with van der Waals surface area (Å²) in [5, 5.41) is 4.16. The number of rotatable bonds is 7. The van der Waals surface area contributed by atoms with E-state index in [9.17, 15) is 4.79 Å². The Bertz CT molecular complexity index is 277. The van der Waals surface area contributed by atoms with Gasteiger partial charge in [-0.2, -0.15) is 11.8 Å². The molecule has 0 heterocycles. The van der Waals surface area contributed by atoms with Crippen LogP contribution in [0.5, 0.6) is 0 Å². The number of hydrogen-bond donors (Lipinski definition) is 1. The zero-order valence-electron chi connectivity index (χ0n) is 12.8. The maximum atomic E-state index is 12.0. The minimum absolute atomic E-state index is 0.148. The van der Waals surface area contributed by atoms with E-state index in [1.807, 2.05) is 18.7 Å². The van der Waals surface area contributed by atoms with Gasteiger partial charge in [0.05, 0.1) is 7.11 Å². The number of hydrogen-bond acceptors (Lipinski definition) is 4. The maximum Gasteiger partial charge on any atom is 0.325 e. The van der Waals surface area contributed by atoms with E-state index >= 15 is 0 Å². The molecule has 0 bridgehead atoms. The zero-order chi connectivity index (χ0) is 14.3. The van der Waals surface area contributed by atoms with Crippen molar-refractivity contribution in [1.82, 2.24) is 5.32 Å². The molecule has 0 spiro atoms. The van der Waals surface area contributed by atoms with Crippen molar-refractivity contribution < 1.29 is 9.53 Å². The van der Waals surface area contributed by atoms with Gasteiger partial charge in [-0.15, -0.1) is 0 Å². The second-order valence-electron chi connectivity index (χ2n) is 6.00. The maximum absolute atomic E-state index is 12.0. The molecule has 1 fully saturated rings. The predicted octanol–water partition coefficient (Wildman–Crippen LogP) is 3.37. The smallest absolute Gasteiger partial charge is 0.325 e. The second-order valence-corrected chi connectivity index (χ2v) is 7.41. The van der Waals surface area contributed by atoms with Gasteiger partial charge in [0.1, 0.15) is 5.54 Å². The van der Waals surface area contributed by atoms with E-state index in [0.29, 0.717) is 0 Å². The minimum Gasteiger partial charge on any atom is -0.468 e. The van der Waals surface area contributed by atoms with E-state index in [2.05, 4.69) is 19.2 Å². The van der Waals surface area contributed by atoms with Crippen molar-refractivity contribution in [2.45, 2.75) is 76.1 Å². The summed E-state index contributed by atoms with van der Waals surface area (Å²) in [4.78, 5) is 12.0. The number of methoxy groups -OCH3 is 1. The molecule has 4 heteroatoms. The standard InChI is InChI=1S/C15H29NO2S/c1-12(2)16-15(3,14(17)18-4)10-11-19-13-8-6-5-7-9-13/h12-13,16H,5-11H2,1-4H3. The van der Waals surface area contributed by atoms with Gasteiger partial charge in [0, 0.05) is 11.3 Å². The Balaban J connectivity index is 2.41. The fourth-order valence-electron chi connectivity index (χ4n) is 2.76. The van der Waals surface area contributed by atoms with Crippen molar-refractivity contribution in [1.29, 1.82) is 0 Å². The number of nitrogens with one attached hydrogen (secondary N) is 1. The molecule has 0 amide bonds. The molecule has 112 valence electrons. The second kappa shape index (κ2) is 8.15. The molecule has 3 nitrogen and oxygen atoms in total. The van der Waals surface area contributed by atoms with E-state index in [0.717, 1.165) is 17.4 Å². The summed E-state index contributed by atoms with van der Waals surface area (Å²) in [6.45, 7) is 6.09. The molecule has 0 radical (unpaired) electrons. The molecule has 0 aromatic carbocycles. The quantitative estimate of drug-likeness (QED) is 0.729. The Morgan fingerprint density at radius 1 is 1.37 bits per heavy atom. The van der Waals surface area contributed by atoms with E-state index in [1.54, 1.807) is 0 Å².